The highest BCUT2D eigenvalue weighted by atomic mass is 19.1. The molecule has 0 aliphatic carbocycles. The molecule has 0 unspecified atom stereocenters. The maximum Gasteiger partial charge on any atom is 0.166 e. The van der Waals surface area contributed by atoms with Crippen LogP contribution in [0.15, 0.2) is 42.5 Å². The summed E-state index contributed by atoms with van der Waals surface area (Å²) >= 11 is 0. The summed E-state index contributed by atoms with van der Waals surface area (Å²) in [5, 5.41) is 18.9. The average molecular weight is 326 g/mol. The molecule has 0 spiro atoms. The number of benzene rings is 2. The lowest BCUT2D eigenvalue weighted by Crippen LogP contribution is -2.38. The first-order valence-corrected chi connectivity index (χ1v) is 7.95. The van der Waals surface area contributed by atoms with E-state index in [1.54, 1.807) is 0 Å². The van der Waals surface area contributed by atoms with Crippen LogP contribution in [0.5, 0.6) is 5.75 Å². The molecular formula is C19H19FN2O2. The third kappa shape index (κ3) is 3.91. The zero-order chi connectivity index (χ0) is 16.9. The number of hydrogen-bond donors (Lipinski definition) is 1. The van der Waals surface area contributed by atoms with Gasteiger partial charge in [-0.15, -0.1) is 0 Å². The van der Waals surface area contributed by atoms with E-state index in [0.29, 0.717) is 6.54 Å². The summed E-state index contributed by atoms with van der Waals surface area (Å²) in [6.45, 7) is 2.19. The zero-order valence-electron chi connectivity index (χ0n) is 13.3. The van der Waals surface area contributed by atoms with E-state index >= 15 is 0 Å². The smallest absolute Gasteiger partial charge is 0.166 e. The number of aliphatic hydroxyl groups excluding tert-OH is 1. The lowest BCUT2D eigenvalue weighted by Gasteiger charge is -2.30. The van der Waals surface area contributed by atoms with Crippen molar-refractivity contribution in [2.75, 3.05) is 19.7 Å². The Morgan fingerprint density at radius 3 is 2.79 bits per heavy atom. The second-order valence-corrected chi connectivity index (χ2v) is 5.98. The van der Waals surface area contributed by atoms with Gasteiger partial charge in [0.05, 0.1) is 11.6 Å². The quantitative estimate of drug-likeness (QED) is 0.917. The van der Waals surface area contributed by atoms with Crippen molar-refractivity contribution in [2.45, 2.75) is 19.1 Å². The molecule has 1 atom stereocenters. The maximum absolute atomic E-state index is 13.7. The van der Waals surface area contributed by atoms with Gasteiger partial charge in [-0.25, -0.2) is 4.39 Å². The van der Waals surface area contributed by atoms with Crippen LogP contribution in [0.4, 0.5) is 4.39 Å². The van der Waals surface area contributed by atoms with Crippen molar-refractivity contribution in [1.82, 2.24) is 4.90 Å². The Balaban J connectivity index is 1.52. The van der Waals surface area contributed by atoms with Gasteiger partial charge in [-0.1, -0.05) is 24.3 Å². The molecule has 1 N–H and O–H groups in total. The molecule has 3 rings (SSSR count). The number of β-amino-alcohol motifs (C(OH)–C–C–N with tert-alkyl or cyclic N) is 1. The molecule has 0 fully saturated rings. The molecule has 0 bridgehead atoms. The summed E-state index contributed by atoms with van der Waals surface area (Å²) in [6, 6.07) is 14.2. The van der Waals surface area contributed by atoms with E-state index in [-0.39, 0.29) is 17.9 Å². The van der Waals surface area contributed by atoms with Crippen LogP contribution in [0, 0.1) is 17.1 Å². The largest absolute Gasteiger partial charge is 0.488 e. The van der Waals surface area contributed by atoms with Crippen molar-refractivity contribution in [3.05, 3.63) is 65.0 Å². The molecule has 1 aliphatic heterocycles. The van der Waals surface area contributed by atoms with E-state index in [0.717, 1.165) is 25.6 Å². The lowest BCUT2D eigenvalue weighted by atomic mass is 10.00. The molecule has 1 aliphatic rings. The standard InChI is InChI=1S/C19H19FN2O2/c20-18-9-14(10-21)5-6-19(18)24-13-17(23)12-22-8-7-15-3-1-2-4-16(15)11-22/h1-6,9,17,23H,7-8,11-13H2/t17-/m1/s1. The number of aliphatic hydroxyl groups is 1. The first kappa shape index (κ1) is 16.4. The van der Waals surface area contributed by atoms with E-state index in [9.17, 15) is 9.50 Å². The fourth-order valence-electron chi connectivity index (χ4n) is 2.93. The minimum atomic E-state index is -0.703. The normalized spacial score (nSPS) is 15.4. The Morgan fingerprint density at radius 1 is 1.25 bits per heavy atom. The molecular weight excluding hydrogens is 307 g/mol. The molecule has 1 heterocycles. The number of halogens is 1. The summed E-state index contributed by atoms with van der Waals surface area (Å²) in [7, 11) is 0. The molecule has 0 aromatic heterocycles. The van der Waals surface area contributed by atoms with Crippen LogP contribution >= 0.6 is 0 Å². The molecule has 0 amide bonds. The fraction of sp³-hybridized carbons (Fsp3) is 0.316. The molecule has 124 valence electrons. The van der Waals surface area contributed by atoms with Crippen molar-refractivity contribution in [1.29, 1.82) is 5.26 Å². The van der Waals surface area contributed by atoms with Crippen molar-refractivity contribution in [3.8, 4) is 11.8 Å². The fourth-order valence-corrected chi connectivity index (χ4v) is 2.93. The predicted molar refractivity (Wildman–Crippen MR) is 88.0 cm³/mol. The SMILES string of the molecule is N#Cc1ccc(OC[C@H](O)CN2CCc3ccccc3C2)c(F)c1. The molecule has 2 aromatic rings. The van der Waals surface area contributed by atoms with Gasteiger partial charge >= 0.3 is 0 Å². The Kier molecular flexibility index (Phi) is 5.09. The summed E-state index contributed by atoms with van der Waals surface area (Å²) < 4.78 is 19.1. The number of fused-ring (bicyclic) bond motifs is 1. The van der Waals surface area contributed by atoms with Crippen LogP contribution in [-0.2, 0) is 13.0 Å². The third-order valence-electron chi connectivity index (χ3n) is 4.17. The Hall–Kier alpha value is -2.42. The minimum absolute atomic E-state index is 0.0148. The van der Waals surface area contributed by atoms with Gasteiger partial charge in [-0.05, 0) is 35.7 Å². The summed E-state index contributed by atoms with van der Waals surface area (Å²) in [6.07, 6.45) is 0.263. The highest BCUT2D eigenvalue weighted by Gasteiger charge is 2.19. The van der Waals surface area contributed by atoms with E-state index in [1.807, 2.05) is 18.2 Å². The monoisotopic (exact) mass is 326 g/mol. The molecule has 24 heavy (non-hydrogen) atoms. The Bertz CT molecular complexity index is 757. The minimum Gasteiger partial charge on any atom is -0.488 e. The molecule has 4 nitrogen and oxygen atoms in total. The van der Waals surface area contributed by atoms with Gasteiger partial charge < -0.3 is 9.84 Å². The van der Waals surface area contributed by atoms with Gasteiger partial charge in [-0.3, -0.25) is 4.90 Å². The summed E-state index contributed by atoms with van der Waals surface area (Å²) in [5.74, 6) is -0.537. The molecule has 5 heteroatoms. The van der Waals surface area contributed by atoms with Gasteiger partial charge in [0.2, 0.25) is 0 Å². The highest BCUT2D eigenvalue weighted by Crippen LogP contribution is 2.20. The van der Waals surface area contributed by atoms with Crippen LogP contribution < -0.4 is 4.74 Å². The van der Waals surface area contributed by atoms with Crippen LogP contribution in [0.3, 0.4) is 0 Å². The van der Waals surface area contributed by atoms with Crippen molar-refractivity contribution in [3.63, 3.8) is 0 Å². The Labute approximate surface area is 140 Å². The van der Waals surface area contributed by atoms with E-state index in [1.165, 1.54) is 23.3 Å². The topological polar surface area (TPSA) is 56.5 Å². The second kappa shape index (κ2) is 7.43. The van der Waals surface area contributed by atoms with Crippen LogP contribution in [0.2, 0.25) is 0 Å². The molecule has 0 saturated carbocycles. The number of hydrogen-bond acceptors (Lipinski definition) is 4. The van der Waals surface area contributed by atoms with Gasteiger partial charge in [0.1, 0.15) is 12.7 Å². The number of ether oxygens (including phenoxy) is 1. The molecule has 2 aromatic carbocycles. The molecule has 0 radical (unpaired) electrons. The van der Waals surface area contributed by atoms with Crippen LogP contribution in [0.25, 0.3) is 0 Å². The van der Waals surface area contributed by atoms with Gasteiger partial charge in [-0.2, -0.15) is 5.26 Å². The zero-order valence-corrected chi connectivity index (χ0v) is 13.3. The average Bonchev–Trinajstić information content (AvgIpc) is 2.60. The second-order valence-electron chi connectivity index (χ2n) is 5.98. The van der Waals surface area contributed by atoms with E-state index in [2.05, 4.69) is 17.0 Å². The summed E-state index contributed by atoms with van der Waals surface area (Å²) in [5.41, 5.74) is 2.89. The predicted octanol–water partition coefficient (Wildman–Crippen LogP) is 2.50. The highest BCUT2D eigenvalue weighted by molar-refractivity contribution is 5.36. The molecule has 0 saturated heterocycles. The summed E-state index contributed by atoms with van der Waals surface area (Å²) in [4.78, 5) is 2.17. The van der Waals surface area contributed by atoms with Crippen LogP contribution in [0.1, 0.15) is 16.7 Å². The van der Waals surface area contributed by atoms with Crippen LogP contribution in [-0.4, -0.2) is 35.8 Å². The third-order valence-corrected chi connectivity index (χ3v) is 4.17. The lowest BCUT2D eigenvalue weighted by molar-refractivity contribution is 0.0624. The number of nitrogens with zero attached hydrogens (tertiary/aromatic N) is 2. The van der Waals surface area contributed by atoms with Gasteiger partial charge in [0.15, 0.2) is 11.6 Å². The first-order chi connectivity index (χ1) is 11.7. The number of rotatable bonds is 5. The van der Waals surface area contributed by atoms with Crippen molar-refractivity contribution < 1.29 is 14.2 Å². The Morgan fingerprint density at radius 2 is 2.04 bits per heavy atom. The van der Waals surface area contributed by atoms with Gasteiger partial charge in [0.25, 0.3) is 0 Å². The first-order valence-electron chi connectivity index (χ1n) is 7.95. The maximum atomic E-state index is 13.7. The number of nitriles is 1. The van der Waals surface area contributed by atoms with E-state index in [4.69, 9.17) is 10.00 Å². The van der Waals surface area contributed by atoms with Crippen molar-refractivity contribution >= 4 is 0 Å². The van der Waals surface area contributed by atoms with Gasteiger partial charge in [0, 0.05) is 19.6 Å². The van der Waals surface area contributed by atoms with Crippen molar-refractivity contribution in [2.24, 2.45) is 0 Å². The van der Waals surface area contributed by atoms with E-state index < -0.39 is 11.9 Å².